The molecule has 2 amide bonds. The van der Waals surface area contributed by atoms with Crippen LogP contribution in [0.5, 0.6) is 0 Å². The van der Waals surface area contributed by atoms with Gasteiger partial charge in [0.2, 0.25) is 11.8 Å². The van der Waals surface area contributed by atoms with Gasteiger partial charge in [-0.1, -0.05) is 94.3 Å². The molecule has 0 bridgehead atoms. The second-order valence-corrected chi connectivity index (χ2v) is 13.5. The molecule has 0 aliphatic rings. The summed E-state index contributed by atoms with van der Waals surface area (Å²) in [5.74, 6) is -0.804. The fraction of sp³-hybridized carbons (Fsp3) is 0.235. The molecule has 0 aliphatic heterocycles. The van der Waals surface area contributed by atoms with E-state index in [1.165, 1.54) is 17.0 Å². The first-order valence-corrected chi connectivity index (χ1v) is 16.3. The van der Waals surface area contributed by atoms with Crippen molar-refractivity contribution in [3.05, 3.63) is 130 Å². The van der Waals surface area contributed by atoms with Crippen LogP contribution in [0.1, 0.15) is 30.5 Å². The molecule has 224 valence electrons. The fourth-order valence-electron chi connectivity index (χ4n) is 4.69. The Labute approximate surface area is 262 Å². The lowest BCUT2D eigenvalue weighted by Gasteiger charge is -2.34. The normalized spacial score (nSPS) is 12.0. The van der Waals surface area contributed by atoms with Crippen molar-refractivity contribution in [2.45, 2.75) is 50.7 Å². The molecular formula is C34H36BrN3O4S. The first kappa shape index (κ1) is 32.0. The standard InChI is InChI=1S/C34H36BrN3O4S/c1-25(2)36-34(40)32(22-27-10-6-4-7-11-27)37(23-28-12-8-5-9-13-28)33(39)24-38(30-18-16-29(35)17-19-30)43(41,42)31-20-14-26(3)15-21-31/h4-21,25,32H,22-24H2,1-3H3,(H,36,40)/t32-/m0/s1. The van der Waals surface area contributed by atoms with Gasteiger partial charge >= 0.3 is 0 Å². The molecule has 0 radical (unpaired) electrons. The molecule has 9 heteroatoms. The van der Waals surface area contributed by atoms with Crippen molar-refractivity contribution in [3.8, 4) is 0 Å². The minimum Gasteiger partial charge on any atom is -0.352 e. The highest BCUT2D eigenvalue weighted by Gasteiger charge is 2.34. The van der Waals surface area contributed by atoms with Gasteiger partial charge in [0.15, 0.2) is 0 Å². The Morgan fingerprint density at radius 2 is 1.35 bits per heavy atom. The van der Waals surface area contributed by atoms with Crippen LogP contribution in [0.25, 0.3) is 0 Å². The molecular weight excluding hydrogens is 626 g/mol. The molecule has 0 saturated carbocycles. The highest BCUT2D eigenvalue weighted by Crippen LogP contribution is 2.27. The number of amides is 2. The number of nitrogens with zero attached hydrogens (tertiary/aromatic N) is 2. The Balaban J connectivity index is 1.78. The van der Waals surface area contributed by atoms with Gasteiger partial charge in [0.05, 0.1) is 10.6 Å². The van der Waals surface area contributed by atoms with E-state index in [1.54, 1.807) is 36.4 Å². The zero-order chi connectivity index (χ0) is 31.0. The Bertz CT molecular complexity index is 1610. The number of aryl methyl sites for hydroxylation is 1. The highest BCUT2D eigenvalue weighted by molar-refractivity contribution is 9.10. The molecule has 0 aromatic heterocycles. The lowest BCUT2D eigenvalue weighted by molar-refractivity contribution is -0.140. The number of rotatable bonds is 12. The summed E-state index contributed by atoms with van der Waals surface area (Å²) >= 11 is 3.41. The molecule has 1 atom stereocenters. The van der Waals surface area contributed by atoms with Gasteiger partial charge in [0.1, 0.15) is 12.6 Å². The van der Waals surface area contributed by atoms with Gasteiger partial charge in [-0.05, 0) is 68.3 Å². The predicted octanol–water partition coefficient (Wildman–Crippen LogP) is 6.12. The number of carbonyl (C=O) groups excluding carboxylic acids is 2. The van der Waals surface area contributed by atoms with Crippen LogP contribution in [0.4, 0.5) is 5.69 Å². The van der Waals surface area contributed by atoms with Gasteiger partial charge in [-0.2, -0.15) is 0 Å². The average Bonchev–Trinajstić information content (AvgIpc) is 2.99. The molecule has 0 unspecified atom stereocenters. The summed E-state index contributed by atoms with van der Waals surface area (Å²) < 4.78 is 30.0. The highest BCUT2D eigenvalue weighted by atomic mass is 79.9. The smallest absolute Gasteiger partial charge is 0.264 e. The van der Waals surface area contributed by atoms with Crippen LogP contribution < -0.4 is 9.62 Å². The molecule has 4 rings (SSSR count). The first-order chi connectivity index (χ1) is 20.5. The first-order valence-electron chi connectivity index (χ1n) is 14.1. The van der Waals surface area contributed by atoms with E-state index in [-0.39, 0.29) is 29.8 Å². The Hall–Kier alpha value is -3.95. The van der Waals surface area contributed by atoms with Crippen LogP contribution >= 0.6 is 15.9 Å². The Kier molecular flexibility index (Phi) is 10.8. The van der Waals surface area contributed by atoms with E-state index >= 15 is 0 Å². The number of benzene rings is 4. The SMILES string of the molecule is Cc1ccc(S(=O)(=O)N(CC(=O)N(Cc2ccccc2)[C@@H](Cc2ccccc2)C(=O)NC(C)C)c2ccc(Br)cc2)cc1. The molecule has 0 aliphatic carbocycles. The topological polar surface area (TPSA) is 86.8 Å². The molecule has 7 nitrogen and oxygen atoms in total. The maximum atomic E-state index is 14.4. The van der Waals surface area contributed by atoms with Crippen molar-refractivity contribution >= 4 is 43.5 Å². The van der Waals surface area contributed by atoms with Crippen molar-refractivity contribution in [3.63, 3.8) is 0 Å². The van der Waals surface area contributed by atoms with Crippen LogP contribution in [0, 0.1) is 6.92 Å². The minimum atomic E-state index is -4.14. The monoisotopic (exact) mass is 661 g/mol. The zero-order valence-corrected chi connectivity index (χ0v) is 26.9. The summed E-state index contributed by atoms with van der Waals surface area (Å²) in [6, 6.07) is 31.1. The maximum absolute atomic E-state index is 14.4. The van der Waals surface area contributed by atoms with Crippen LogP contribution in [0.3, 0.4) is 0 Å². The fourth-order valence-corrected chi connectivity index (χ4v) is 6.37. The number of nitrogens with one attached hydrogen (secondary N) is 1. The molecule has 0 fully saturated rings. The number of carbonyl (C=O) groups is 2. The van der Waals surface area contributed by atoms with Gasteiger partial charge in [0, 0.05) is 23.5 Å². The summed E-state index contributed by atoms with van der Waals surface area (Å²) in [5.41, 5.74) is 2.96. The number of anilines is 1. The number of hydrogen-bond donors (Lipinski definition) is 1. The minimum absolute atomic E-state index is 0.0711. The van der Waals surface area contributed by atoms with E-state index in [0.717, 1.165) is 25.5 Å². The van der Waals surface area contributed by atoms with Crippen molar-refractivity contribution < 1.29 is 18.0 Å². The summed E-state index contributed by atoms with van der Waals surface area (Å²) in [7, 11) is -4.14. The molecule has 1 N–H and O–H groups in total. The number of sulfonamides is 1. The van der Waals surface area contributed by atoms with Crippen molar-refractivity contribution in [2.75, 3.05) is 10.8 Å². The molecule has 0 heterocycles. The Morgan fingerprint density at radius 1 is 0.791 bits per heavy atom. The van der Waals surface area contributed by atoms with Crippen molar-refractivity contribution in [2.24, 2.45) is 0 Å². The van der Waals surface area contributed by atoms with E-state index in [4.69, 9.17) is 0 Å². The van der Waals surface area contributed by atoms with E-state index in [9.17, 15) is 18.0 Å². The third kappa shape index (κ3) is 8.55. The average molecular weight is 663 g/mol. The van der Waals surface area contributed by atoms with Crippen LogP contribution in [0.2, 0.25) is 0 Å². The summed E-state index contributed by atoms with van der Waals surface area (Å²) in [6.07, 6.45) is 0.265. The van der Waals surface area contributed by atoms with E-state index in [0.29, 0.717) is 5.69 Å². The third-order valence-corrected chi connectivity index (χ3v) is 9.22. The Morgan fingerprint density at radius 3 is 1.91 bits per heavy atom. The van der Waals surface area contributed by atoms with Crippen molar-refractivity contribution in [1.82, 2.24) is 10.2 Å². The van der Waals surface area contributed by atoms with Gasteiger partial charge in [0.25, 0.3) is 10.0 Å². The number of halogens is 1. The van der Waals surface area contributed by atoms with Gasteiger partial charge in [-0.3, -0.25) is 13.9 Å². The van der Waals surface area contributed by atoms with Crippen LogP contribution in [0.15, 0.2) is 119 Å². The predicted molar refractivity (Wildman–Crippen MR) is 174 cm³/mol. The van der Waals surface area contributed by atoms with E-state index < -0.39 is 28.5 Å². The molecule has 0 spiro atoms. The zero-order valence-electron chi connectivity index (χ0n) is 24.5. The van der Waals surface area contributed by atoms with Crippen LogP contribution in [-0.4, -0.2) is 43.8 Å². The number of hydrogen-bond acceptors (Lipinski definition) is 4. The van der Waals surface area contributed by atoms with Gasteiger partial charge in [-0.15, -0.1) is 0 Å². The lowest BCUT2D eigenvalue weighted by Crippen LogP contribution is -2.54. The maximum Gasteiger partial charge on any atom is 0.264 e. The molecule has 43 heavy (non-hydrogen) atoms. The quantitative estimate of drug-likeness (QED) is 0.198. The second-order valence-electron chi connectivity index (χ2n) is 10.7. The third-order valence-electron chi connectivity index (χ3n) is 6.90. The van der Waals surface area contributed by atoms with Crippen molar-refractivity contribution in [1.29, 1.82) is 0 Å². The molecule has 4 aromatic rings. The summed E-state index contributed by atoms with van der Waals surface area (Å²) in [4.78, 5) is 29.6. The van der Waals surface area contributed by atoms with E-state index in [2.05, 4.69) is 21.2 Å². The largest absolute Gasteiger partial charge is 0.352 e. The summed E-state index contributed by atoms with van der Waals surface area (Å²) in [5, 5.41) is 2.97. The van der Waals surface area contributed by atoms with E-state index in [1.807, 2.05) is 81.4 Å². The van der Waals surface area contributed by atoms with Crippen LogP contribution in [-0.2, 0) is 32.6 Å². The molecule has 4 aromatic carbocycles. The lowest BCUT2D eigenvalue weighted by atomic mass is 10.0. The second kappa shape index (κ2) is 14.5. The van der Waals surface area contributed by atoms with Gasteiger partial charge < -0.3 is 10.2 Å². The molecule has 0 saturated heterocycles. The summed E-state index contributed by atoms with van der Waals surface area (Å²) in [6.45, 7) is 5.24. The van der Waals surface area contributed by atoms with Gasteiger partial charge in [-0.25, -0.2) is 8.42 Å².